The number of pyridine rings is 1. The van der Waals surface area contributed by atoms with Gasteiger partial charge >= 0.3 is 0 Å². The van der Waals surface area contributed by atoms with Gasteiger partial charge in [0.1, 0.15) is 11.0 Å². The fourth-order valence-corrected chi connectivity index (χ4v) is 2.90. The second-order valence-corrected chi connectivity index (χ2v) is 6.13. The number of hydrogen-bond donors (Lipinski definition) is 1. The number of rotatable bonds is 4. The lowest BCUT2D eigenvalue weighted by Crippen LogP contribution is -2.46. The maximum atomic E-state index is 10.7. The van der Waals surface area contributed by atoms with Crippen LogP contribution in [-0.4, -0.2) is 55.6 Å². The van der Waals surface area contributed by atoms with E-state index in [1.54, 1.807) is 6.20 Å². The van der Waals surface area contributed by atoms with Crippen LogP contribution in [0.5, 0.6) is 0 Å². The second kappa shape index (κ2) is 6.97. The number of halogens is 2. The predicted octanol–water partition coefficient (Wildman–Crippen LogP) is 1.69. The van der Waals surface area contributed by atoms with Crippen LogP contribution < -0.4 is 0 Å². The Morgan fingerprint density at radius 3 is 2.47 bits per heavy atom. The quantitative estimate of drug-likeness (QED) is 0.675. The molecule has 1 fully saturated rings. The average molecular weight is 324 g/mol. The van der Waals surface area contributed by atoms with Crippen molar-refractivity contribution in [2.75, 3.05) is 32.1 Å². The molecule has 0 saturated carbocycles. The van der Waals surface area contributed by atoms with Gasteiger partial charge in [-0.3, -0.25) is 9.80 Å². The molecule has 0 aliphatic carbocycles. The van der Waals surface area contributed by atoms with Gasteiger partial charge in [0.05, 0.1) is 5.02 Å². The first-order chi connectivity index (χ1) is 9.04. The summed E-state index contributed by atoms with van der Waals surface area (Å²) in [7, 11) is 0. The van der Waals surface area contributed by atoms with E-state index in [1.165, 1.54) is 0 Å². The molecule has 2 heterocycles. The topological polar surface area (TPSA) is 56.7 Å². The molecule has 0 bridgehead atoms. The zero-order valence-corrected chi connectivity index (χ0v) is 12.6. The van der Waals surface area contributed by atoms with Crippen LogP contribution in [0, 0.1) is 0 Å². The minimum absolute atomic E-state index is 0.224. The van der Waals surface area contributed by atoms with Crippen LogP contribution in [-0.2, 0) is 17.6 Å². The molecule has 2 rings (SSSR count). The molecular formula is C11H15Cl2N3O2S. The van der Waals surface area contributed by atoms with Crippen molar-refractivity contribution in [2.45, 2.75) is 6.54 Å². The first kappa shape index (κ1) is 15.2. The van der Waals surface area contributed by atoms with E-state index in [4.69, 9.17) is 27.8 Å². The third kappa shape index (κ3) is 4.66. The Hall–Kier alpha value is -0.240. The van der Waals surface area contributed by atoms with Crippen molar-refractivity contribution >= 4 is 34.3 Å². The summed E-state index contributed by atoms with van der Waals surface area (Å²) >= 11 is 9.95. The molecule has 19 heavy (non-hydrogen) atoms. The summed E-state index contributed by atoms with van der Waals surface area (Å²) in [4.78, 5) is 8.27. The molecule has 5 nitrogen and oxygen atoms in total. The molecule has 1 N–H and O–H groups in total. The maximum Gasteiger partial charge on any atom is 0.167 e. The van der Waals surface area contributed by atoms with E-state index in [0.29, 0.717) is 10.2 Å². The SMILES string of the molecule is O=S(O)CN1CCN(Cc2cnc(Cl)c(Cl)c2)CC1. The Morgan fingerprint density at radius 1 is 1.26 bits per heavy atom. The van der Waals surface area contributed by atoms with Gasteiger partial charge < -0.3 is 4.55 Å². The lowest BCUT2D eigenvalue weighted by atomic mass is 10.2. The van der Waals surface area contributed by atoms with Crippen LogP contribution in [0.15, 0.2) is 12.3 Å². The van der Waals surface area contributed by atoms with Crippen LogP contribution >= 0.6 is 23.2 Å². The molecule has 1 atom stereocenters. The first-order valence-corrected chi connectivity index (χ1v) is 7.90. The van der Waals surface area contributed by atoms with Crippen molar-refractivity contribution < 1.29 is 8.76 Å². The summed E-state index contributed by atoms with van der Waals surface area (Å²) in [5, 5.41) is 0.786. The van der Waals surface area contributed by atoms with Crippen LogP contribution in [0.25, 0.3) is 0 Å². The summed E-state index contributed by atoms with van der Waals surface area (Å²) in [5.41, 5.74) is 1.02. The van der Waals surface area contributed by atoms with Crippen molar-refractivity contribution in [2.24, 2.45) is 0 Å². The molecule has 1 aliphatic heterocycles. The number of aromatic nitrogens is 1. The van der Waals surface area contributed by atoms with E-state index in [9.17, 15) is 4.21 Å². The highest BCUT2D eigenvalue weighted by molar-refractivity contribution is 7.79. The van der Waals surface area contributed by atoms with E-state index >= 15 is 0 Å². The first-order valence-electron chi connectivity index (χ1n) is 5.86. The third-order valence-electron chi connectivity index (χ3n) is 3.02. The lowest BCUT2D eigenvalue weighted by molar-refractivity contribution is 0.141. The number of nitrogens with zero attached hydrogens (tertiary/aromatic N) is 3. The molecule has 8 heteroatoms. The zero-order chi connectivity index (χ0) is 13.8. The highest BCUT2D eigenvalue weighted by Crippen LogP contribution is 2.20. The highest BCUT2D eigenvalue weighted by Gasteiger charge is 2.18. The fraction of sp³-hybridized carbons (Fsp3) is 0.545. The molecule has 1 aromatic rings. The molecule has 106 valence electrons. The molecule has 0 spiro atoms. The van der Waals surface area contributed by atoms with Gasteiger partial charge in [-0.25, -0.2) is 9.19 Å². The Morgan fingerprint density at radius 2 is 1.89 bits per heavy atom. The van der Waals surface area contributed by atoms with E-state index < -0.39 is 11.1 Å². The van der Waals surface area contributed by atoms with Crippen LogP contribution in [0.3, 0.4) is 0 Å². The van der Waals surface area contributed by atoms with E-state index in [2.05, 4.69) is 9.88 Å². The van der Waals surface area contributed by atoms with Crippen molar-refractivity contribution in [1.29, 1.82) is 0 Å². The molecule has 0 amide bonds. The molecular weight excluding hydrogens is 309 g/mol. The molecule has 0 radical (unpaired) electrons. The van der Waals surface area contributed by atoms with Crippen molar-refractivity contribution in [1.82, 2.24) is 14.8 Å². The van der Waals surface area contributed by atoms with E-state index in [1.807, 2.05) is 11.0 Å². The summed E-state index contributed by atoms with van der Waals surface area (Å²) in [5.74, 6) is 0.224. The normalized spacial score (nSPS) is 19.5. The van der Waals surface area contributed by atoms with Gasteiger partial charge in [-0.05, 0) is 11.6 Å². The minimum atomic E-state index is -1.75. The molecule has 1 saturated heterocycles. The van der Waals surface area contributed by atoms with E-state index in [0.717, 1.165) is 38.3 Å². The summed E-state index contributed by atoms with van der Waals surface area (Å²) in [6.07, 6.45) is 1.73. The van der Waals surface area contributed by atoms with Gasteiger partial charge in [-0.1, -0.05) is 23.2 Å². The predicted molar refractivity (Wildman–Crippen MR) is 76.7 cm³/mol. The lowest BCUT2D eigenvalue weighted by Gasteiger charge is -2.33. The standard InChI is InChI=1S/C11H15Cl2N3O2S/c12-10-5-9(6-14-11(10)13)7-15-1-3-16(4-2-15)8-19(17)18/h5-6H,1-4,7-8H2,(H,17,18). The van der Waals surface area contributed by atoms with Crippen LogP contribution in [0.1, 0.15) is 5.56 Å². The fourth-order valence-electron chi connectivity index (χ4n) is 2.04. The Labute approximate surface area is 124 Å². The summed E-state index contributed by atoms with van der Waals surface area (Å²) < 4.78 is 19.6. The Balaban J connectivity index is 1.85. The summed E-state index contributed by atoms with van der Waals surface area (Å²) in [6.45, 7) is 4.07. The van der Waals surface area contributed by atoms with Gasteiger partial charge in [-0.2, -0.15) is 0 Å². The number of hydrogen-bond acceptors (Lipinski definition) is 4. The smallest absolute Gasteiger partial charge is 0.167 e. The van der Waals surface area contributed by atoms with Crippen molar-refractivity contribution in [3.63, 3.8) is 0 Å². The van der Waals surface area contributed by atoms with Gasteiger partial charge in [-0.15, -0.1) is 0 Å². The third-order valence-corrected chi connectivity index (χ3v) is 4.29. The van der Waals surface area contributed by atoms with Crippen molar-refractivity contribution in [3.8, 4) is 0 Å². The van der Waals surface area contributed by atoms with Crippen LogP contribution in [0.2, 0.25) is 10.2 Å². The molecule has 1 aliphatic rings. The summed E-state index contributed by atoms with van der Waals surface area (Å²) in [6, 6.07) is 1.83. The minimum Gasteiger partial charge on any atom is -0.305 e. The van der Waals surface area contributed by atoms with E-state index in [-0.39, 0.29) is 5.88 Å². The second-order valence-electron chi connectivity index (χ2n) is 4.46. The zero-order valence-electron chi connectivity index (χ0n) is 10.3. The van der Waals surface area contributed by atoms with Gasteiger partial charge in [0.25, 0.3) is 0 Å². The largest absolute Gasteiger partial charge is 0.305 e. The number of piperazine rings is 1. The molecule has 0 aromatic carbocycles. The Bertz CT molecular complexity index is 467. The Kier molecular flexibility index (Phi) is 5.56. The molecule has 1 unspecified atom stereocenters. The average Bonchev–Trinajstić information content (AvgIpc) is 2.36. The monoisotopic (exact) mass is 323 g/mol. The van der Waals surface area contributed by atoms with Gasteiger partial charge in [0.2, 0.25) is 0 Å². The molecule has 1 aromatic heterocycles. The van der Waals surface area contributed by atoms with Gasteiger partial charge in [0, 0.05) is 38.9 Å². The maximum absolute atomic E-state index is 10.7. The van der Waals surface area contributed by atoms with Crippen LogP contribution in [0.4, 0.5) is 0 Å². The van der Waals surface area contributed by atoms with Crippen molar-refractivity contribution in [3.05, 3.63) is 28.0 Å². The van der Waals surface area contributed by atoms with Gasteiger partial charge in [0.15, 0.2) is 11.1 Å². The highest BCUT2D eigenvalue weighted by atomic mass is 35.5.